The van der Waals surface area contributed by atoms with Gasteiger partial charge in [0, 0.05) is 0 Å². The van der Waals surface area contributed by atoms with Gasteiger partial charge in [0.15, 0.2) is 0 Å². The van der Waals surface area contributed by atoms with Gasteiger partial charge < -0.3 is 4.74 Å². The summed E-state index contributed by atoms with van der Waals surface area (Å²) in [5, 5.41) is -0.139. The van der Waals surface area contributed by atoms with Crippen LogP contribution in [0.3, 0.4) is 0 Å². The lowest BCUT2D eigenvalue weighted by atomic mass is 10.2. The fourth-order valence-electron chi connectivity index (χ4n) is 1.00. The van der Waals surface area contributed by atoms with E-state index in [1.54, 1.807) is 0 Å². The van der Waals surface area contributed by atoms with Gasteiger partial charge in [0.1, 0.15) is 0 Å². The van der Waals surface area contributed by atoms with Crippen molar-refractivity contribution in [2.75, 3.05) is 12.9 Å². The molecule has 0 aromatic rings. The van der Waals surface area contributed by atoms with E-state index in [1.165, 1.54) is 18.9 Å². The molecule has 0 amide bonds. The molecule has 0 rings (SSSR count). The van der Waals surface area contributed by atoms with Gasteiger partial charge in [-0.3, -0.25) is 4.79 Å². The Balaban J connectivity index is 3.40. The monoisotopic (exact) mass is 222 g/mol. The minimum atomic E-state index is -0.691. The molecule has 0 fully saturated rings. The minimum Gasteiger partial charge on any atom is -0.468 e. The fraction of sp³-hybridized carbons (Fsp3) is 0.900. The van der Waals surface area contributed by atoms with E-state index in [0.717, 1.165) is 12.2 Å². The molecule has 2 atom stereocenters. The lowest BCUT2D eigenvalue weighted by molar-refractivity contribution is -0.139. The van der Waals surface area contributed by atoms with Gasteiger partial charge in [-0.15, -0.1) is 11.8 Å². The van der Waals surface area contributed by atoms with Crippen molar-refractivity contribution in [3.05, 3.63) is 0 Å². The molecular weight excluding hydrogens is 203 g/mol. The predicted molar refractivity (Wildman–Crippen MR) is 58.4 cm³/mol. The first-order valence-corrected chi connectivity index (χ1v) is 6.00. The molecule has 14 heavy (non-hydrogen) atoms. The maximum atomic E-state index is 12.8. The van der Waals surface area contributed by atoms with Crippen molar-refractivity contribution in [1.29, 1.82) is 0 Å². The first-order valence-electron chi connectivity index (χ1n) is 4.95. The number of hydrogen-bond acceptors (Lipinski definition) is 3. The highest BCUT2D eigenvalue weighted by Gasteiger charge is 2.13. The number of halogens is 1. The molecule has 0 aromatic carbocycles. The Hall–Kier alpha value is -0.250. The topological polar surface area (TPSA) is 26.3 Å². The van der Waals surface area contributed by atoms with Gasteiger partial charge >= 0.3 is 5.97 Å². The number of hydrogen-bond donors (Lipinski definition) is 0. The predicted octanol–water partition coefficient (Wildman–Crippen LogP) is 2.81. The van der Waals surface area contributed by atoms with E-state index in [4.69, 9.17) is 0 Å². The summed E-state index contributed by atoms with van der Waals surface area (Å²) in [6.45, 7) is 3.65. The van der Waals surface area contributed by atoms with Crippen molar-refractivity contribution in [2.45, 2.75) is 44.5 Å². The highest BCUT2D eigenvalue weighted by Crippen LogP contribution is 2.15. The number of alkyl halides is 1. The van der Waals surface area contributed by atoms with E-state index in [2.05, 4.69) is 4.74 Å². The van der Waals surface area contributed by atoms with Crippen LogP contribution in [-0.4, -0.2) is 30.3 Å². The largest absolute Gasteiger partial charge is 0.468 e. The average molecular weight is 222 g/mol. The second-order valence-electron chi connectivity index (χ2n) is 3.18. The van der Waals surface area contributed by atoms with Crippen molar-refractivity contribution >= 4 is 17.7 Å². The van der Waals surface area contributed by atoms with Gasteiger partial charge in [0.25, 0.3) is 0 Å². The maximum Gasteiger partial charge on any atom is 0.318 e. The molecule has 0 bridgehead atoms. The Bertz CT molecular complexity index is 164. The van der Waals surface area contributed by atoms with Crippen LogP contribution in [0.25, 0.3) is 0 Å². The van der Waals surface area contributed by atoms with Crippen LogP contribution in [0, 0.1) is 0 Å². The summed E-state index contributed by atoms with van der Waals surface area (Å²) in [5.41, 5.74) is 0. The third-order valence-corrected chi connectivity index (χ3v) is 3.22. The van der Waals surface area contributed by atoms with Gasteiger partial charge in [0.05, 0.1) is 18.5 Å². The normalized spacial score (nSPS) is 14.9. The zero-order chi connectivity index (χ0) is 11.0. The van der Waals surface area contributed by atoms with Crippen LogP contribution < -0.4 is 0 Å². The summed E-state index contributed by atoms with van der Waals surface area (Å²) in [4.78, 5) is 11.0. The number of ether oxygens (including phenoxy) is 1. The second-order valence-corrected chi connectivity index (χ2v) is 4.63. The number of carbonyl (C=O) groups excluding carboxylic acids is 1. The van der Waals surface area contributed by atoms with E-state index in [1.807, 2.05) is 13.8 Å². The van der Waals surface area contributed by atoms with Gasteiger partial charge in [0.2, 0.25) is 0 Å². The van der Waals surface area contributed by atoms with Crippen molar-refractivity contribution in [1.82, 2.24) is 0 Å². The van der Waals surface area contributed by atoms with E-state index >= 15 is 0 Å². The summed E-state index contributed by atoms with van der Waals surface area (Å²) in [7, 11) is 1.38. The fourth-order valence-corrected chi connectivity index (χ4v) is 1.92. The molecule has 2 unspecified atom stereocenters. The molecule has 2 nitrogen and oxygen atoms in total. The van der Waals surface area contributed by atoms with Gasteiger partial charge in [-0.25, -0.2) is 4.39 Å². The number of thioether (sulfide) groups is 1. The van der Waals surface area contributed by atoms with Gasteiger partial charge in [-0.1, -0.05) is 6.92 Å². The van der Waals surface area contributed by atoms with Crippen LogP contribution in [0.5, 0.6) is 0 Å². The van der Waals surface area contributed by atoms with Crippen LogP contribution in [0.1, 0.15) is 33.1 Å². The van der Waals surface area contributed by atoms with E-state index in [9.17, 15) is 9.18 Å². The standard InChI is InChI=1S/C10H19FO2S/c1-4-9(11)6-5-7-14-8(2)10(12)13-3/h8-9H,4-7H2,1-3H3. The highest BCUT2D eigenvalue weighted by atomic mass is 32.2. The molecule has 0 aromatic heterocycles. The Labute approximate surface area is 89.6 Å². The smallest absolute Gasteiger partial charge is 0.318 e. The molecule has 0 radical (unpaired) electrons. The van der Waals surface area contributed by atoms with Crippen LogP contribution >= 0.6 is 11.8 Å². The van der Waals surface area contributed by atoms with Crippen molar-refractivity contribution in [2.24, 2.45) is 0 Å². The lowest BCUT2D eigenvalue weighted by Crippen LogP contribution is -2.15. The molecule has 0 heterocycles. The zero-order valence-electron chi connectivity index (χ0n) is 9.09. The molecule has 0 aliphatic carbocycles. The molecule has 0 aliphatic rings. The maximum absolute atomic E-state index is 12.8. The SMILES string of the molecule is CCC(F)CCCSC(C)C(=O)OC. The third kappa shape index (κ3) is 6.24. The molecular formula is C10H19FO2S. The van der Waals surface area contributed by atoms with Crippen molar-refractivity contribution < 1.29 is 13.9 Å². The van der Waals surface area contributed by atoms with Crippen LogP contribution in [0.4, 0.5) is 4.39 Å². The Morgan fingerprint density at radius 1 is 1.57 bits per heavy atom. The average Bonchev–Trinajstić information content (AvgIpc) is 2.22. The van der Waals surface area contributed by atoms with Crippen LogP contribution in [0.15, 0.2) is 0 Å². The second kappa shape index (κ2) is 8.09. The number of methoxy groups -OCH3 is 1. The number of rotatable bonds is 7. The van der Waals surface area contributed by atoms with E-state index in [-0.39, 0.29) is 11.2 Å². The Morgan fingerprint density at radius 3 is 2.71 bits per heavy atom. The minimum absolute atomic E-state index is 0.139. The summed E-state index contributed by atoms with van der Waals surface area (Å²) in [5.74, 6) is 0.610. The first kappa shape index (κ1) is 13.8. The number of esters is 1. The molecule has 0 saturated heterocycles. The summed E-state index contributed by atoms with van der Waals surface area (Å²) < 4.78 is 17.4. The van der Waals surface area contributed by atoms with Crippen LogP contribution in [-0.2, 0) is 9.53 Å². The highest BCUT2D eigenvalue weighted by molar-refractivity contribution is 8.00. The molecule has 0 N–H and O–H groups in total. The molecule has 0 spiro atoms. The number of carbonyl (C=O) groups is 1. The van der Waals surface area contributed by atoms with Crippen molar-refractivity contribution in [3.8, 4) is 0 Å². The van der Waals surface area contributed by atoms with Gasteiger partial charge in [-0.2, -0.15) is 0 Å². The Morgan fingerprint density at radius 2 is 2.21 bits per heavy atom. The van der Waals surface area contributed by atoms with E-state index < -0.39 is 6.17 Å². The first-order chi connectivity index (χ1) is 6.61. The van der Waals surface area contributed by atoms with E-state index in [0.29, 0.717) is 12.8 Å². The molecule has 84 valence electrons. The lowest BCUT2D eigenvalue weighted by Gasteiger charge is -2.09. The molecule has 0 aliphatic heterocycles. The molecule has 4 heteroatoms. The van der Waals surface area contributed by atoms with Gasteiger partial charge in [-0.05, 0) is 31.9 Å². The van der Waals surface area contributed by atoms with Crippen molar-refractivity contribution in [3.63, 3.8) is 0 Å². The molecule has 0 saturated carbocycles. The zero-order valence-corrected chi connectivity index (χ0v) is 9.90. The quantitative estimate of drug-likeness (QED) is 0.489. The summed E-state index contributed by atoms with van der Waals surface area (Å²) in [6.07, 6.45) is 1.30. The summed E-state index contributed by atoms with van der Waals surface area (Å²) >= 11 is 1.52. The van der Waals surface area contributed by atoms with Crippen LogP contribution in [0.2, 0.25) is 0 Å². The Kier molecular flexibility index (Phi) is 7.95. The third-order valence-electron chi connectivity index (χ3n) is 2.01. The summed E-state index contributed by atoms with van der Waals surface area (Å²) in [6, 6.07) is 0.